The summed E-state index contributed by atoms with van der Waals surface area (Å²) in [5.74, 6) is 0. The number of piperazine rings is 1. The van der Waals surface area contributed by atoms with Crippen LogP contribution in [0, 0.1) is 0 Å². The average molecular weight is 347 g/mol. The van der Waals surface area contributed by atoms with Gasteiger partial charge in [-0.15, -0.1) is 0 Å². The summed E-state index contributed by atoms with van der Waals surface area (Å²) in [6.07, 6.45) is 3.53. The SMILES string of the molecule is Nc1cnccc1N1CCN(Cc2cccc(Br)c2)CC1. The summed E-state index contributed by atoms with van der Waals surface area (Å²) in [7, 11) is 0. The van der Waals surface area contributed by atoms with E-state index in [4.69, 9.17) is 5.73 Å². The Labute approximate surface area is 133 Å². The van der Waals surface area contributed by atoms with E-state index in [1.165, 1.54) is 5.56 Å². The van der Waals surface area contributed by atoms with Gasteiger partial charge in [-0.2, -0.15) is 0 Å². The minimum Gasteiger partial charge on any atom is -0.396 e. The molecule has 5 heteroatoms. The molecule has 110 valence electrons. The molecular weight excluding hydrogens is 328 g/mol. The smallest absolute Gasteiger partial charge is 0.0738 e. The summed E-state index contributed by atoms with van der Waals surface area (Å²) in [6.45, 7) is 5.10. The van der Waals surface area contributed by atoms with Crippen molar-refractivity contribution in [2.75, 3.05) is 36.8 Å². The molecule has 2 aromatic rings. The molecular formula is C16H19BrN4. The zero-order chi connectivity index (χ0) is 14.7. The van der Waals surface area contributed by atoms with E-state index in [1.54, 1.807) is 12.4 Å². The topological polar surface area (TPSA) is 45.4 Å². The number of nitrogens with two attached hydrogens (primary N) is 1. The van der Waals surface area contributed by atoms with Crippen molar-refractivity contribution < 1.29 is 0 Å². The van der Waals surface area contributed by atoms with Crippen molar-refractivity contribution in [1.29, 1.82) is 0 Å². The van der Waals surface area contributed by atoms with E-state index in [0.717, 1.165) is 48.6 Å². The highest BCUT2D eigenvalue weighted by atomic mass is 79.9. The van der Waals surface area contributed by atoms with Crippen molar-refractivity contribution in [3.8, 4) is 0 Å². The van der Waals surface area contributed by atoms with E-state index in [0.29, 0.717) is 0 Å². The quantitative estimate of drug-likeness (QED) is 0.928. The molecule has 0 amide bonds. The van der Waals surface area contributed by atoms with E-state index < -0.39 is 0 Å². The molecule has 1 aliphatic heterocycles. The molecule has 0 bridgehead atoms. The zero-order valence-electron chi connectivity index (χ0n) is 11.9. The minimum atomic E-state index is 0.762. The van der Waals surface area contributed by atoms with Gasteiger partial charge in [0.1, 0.15) is 0 Å². The van der Waals surface area contributed by atoms with Crippen LogP contribution in [0.3, 0.4) is 0 Å². The van der Waals surface area contributed by atoms with Crippen LogP contribution in [-0.2, 0) is 6.54 Å². The Morgan fingerprint density at radius 3 is 2.67 bits per heavy atom. The van der Waals surface area contributed by atoms with Crippen LogP contribution in [0.15, 0.2) is 47.2 Å². The van der Waals surface area contributed by atoms with Crippen LogP contribution in [0.5, 0.6) is 0 Å². The summed E-state index contributed by atoms with van der Waals surface area (Å²) >= 11 is 3.53. The Morgan fingerprint density at radius 1 is 1.14 bits per heavy atom. The summed E-state index contributed by atoms with van der Waals surface area (Å²) in [5, 5.41) is 0. The van der Waals surface area contributed by atoms with Crippen LogP contribution in [0.25, 0.3) is 0 Å². The zero-order valence-corrected chi connectivity index (χ0v) is 13.5. The number of aromatic nitrogens is 1. The Bertz CT molecular complexity index is 609. The fourth-order valence-corrected chi connectivity index (χ4v) is 3.17. The van der Waals surface area contributed by atoms with Gasteiger partial charge in [0.25, 0.3) is 0 Å². The molecule has 4 nitrogen and oxygen atoms in total. The molecule has 2 heterocycles. The molecule has 2 N–H and O–H groups in total. The molecule has 0 saturated carbocycles. The Kier molecular flexibility index (Phi) is 4.41. The largest absolute Gasteiger partial charge is 0.396 e. The highest BCUT2D eigenvalue weighted by Crippen LogP contribution is 2.23. The Hall–Kier alpha value is -1.59. The van der Waals surface area contributed by atoms with Gasteiger partial charge < -0.3 is 10.6 Å². The summed E-state index contributed by atoms with van der Waals surface area (Å²) in [6, 6.07) is 10.5. The number of hydrogen-bond donors (Lipinski definition) is 1. The van der Waals surface area contributed by atoms with Crippen LogP contribution in [-0.4, -0.2) is 36.1 Å². The van der Waals surface area contributed by atoms with Crippen LogP contribution < -0.4 is 10.6 Å². The van der Waals surface area contributed by atoms with E-state index in [9.17, 15) is 0 Å². The first-order valence-corrected chi connectivity index (χ1v) is 7.93. The lowest BCUT2D eigenvalue weighted by molar-refractivity contribution is 0.250. The number of nitrogen functional groups attached to an aromatic ring is 1. The van der Waals surface area contributed by atoms with E-state index in [1.807, 2.05) is 6.07 Å². The lowest BCUT2D eigenvalue weighted by Crippen LogP contribution is -2.46. The van der Waals surface area contributed by atoms with Gasteiger partial charge in [-0.3, -0.25) is 9.88 Å². The fourth-order valence-electron chi connectivity index (χ4n) is 2.73. The molecule has 0 unspecified atom stereocenters. The first-order chi connectivity index (χ1) is 10.2. The van der Waals surface area contributed by atoms with Gasteiger partial charge in [-0.25, -0.2) is 0 Å². The van der Waals surface area contributed by atoms with Crippen molar-refractivity contribution in [2.24, 2.45) is 0 Å². The van der Waals surface area contributed by atoms with E-state index >= 15 is 0 Å². The lowest BCUT2D eigenvalue weighted by Gasteiger charge is -2.36. The predicted molar refractivity (Wildman–Crippen MR) is 90.3 cm³/mol. The van der Waals surface area contributed by atoms with Crippen molar-refractivity contribution in [2.45, 2.75) is 6.54 Å². The maximum atomic E-state index is 6.00. The summed E-state index contributed by atoms with van der Waals surface area (Å²) in [5.41, 5.74) is 9.22. The number of halogens is 1. The fraction of sp³-hybridized carbons (Fsp3) is 0.312. The molecule has 3 rings (SSSR count). The molecule has 21 heavy (non-hydrogen) atoms. The van der Waals surface area contributed by atoms with Crippen LogP contribution in [0.1, 0.15) is 5.56 Å². The third-order valence-corrected chi connectivity index (χ3v) is 4.33. The number of nitrogens with zero attached hydrogens (tertiary/aromatic N) is 3. The molecule has 1 aromatic heterocycles. The van der Waals surface area contributed by atoms with Gasteiger partial charge in [0, 0.05) is 43.4 Å². The standard InChI is InChI=1S/C16H19BrN4/c17-14-3-1-2-13(10-14)12-20-6-8-21(9-7-20)16-4-5-19-11-15(16)18/h1-5,10-11H,6-9,12,18H2. The first-order valence-electron chi connectivity index (χ1n) is 7.13. The van der Waals surface area contributed by atoms with E-state index in [2.05, 4.69) is 55.0 Å². The van der Waals surface area contributed by atoms with Crippen molar-refractivity contribution in [1.82, 2.24) is 9.88 Å². The monoisotopic (exact) mass is 346 g/mol. The molecule has 0 spiro atoms. The number of hydrogen-bond acceptors (Lipinski definition) is 4. The Morgan fingerprint density at radius 2 is 1.95 bits per heavy atom. The van der Waals surface area contributed by atoms with Gasteiger partial charge in [0.05, 0.1) is 17.6 Å². The van der Waals surface area contributed by atoms with Gasteiger partial charge in [0.2, 0.25) is 0 Å². The average Bonchev–Trinajstić information content (AvgIpc) is 2.49. The maximum absolute atomic E-state index is 6.00. The number of pyridine rings is 1. The summed E-state index contributed by atoms with van der Waals surface area (Å²) in [4.78, 5) is 8.88. The number of benzene rings is 1. The third-order valence-electron chi connectivity index (χ3n) is 3.84. The normalized spacial score (nSPS) is 16.1. The number of anilines is 2. The van der Waals surface area contributed by atoms with E-state index in [-0.39, 0.29) is 0 Å². The van der Waals surface area contributed by atoms with Crippen LogP contribution >= 0.6 is 15.9 Å². The van der Waals surface area contributed by atoms with Gasteiger partial charge in [-0.1, -0.05) is 28.1 Å². The lowest BCUT2D eigenvalue weighted by atomic mass is 10.2. The molecule has 0 aliphatic carbocycles. The van der Waals surface area contributed by atoms with Crippen LogP contribution in [0.4, 0.5) is 11.4 Å². The molecule has 0 atom stereocenters. The van der Waals surface area contributed by atoms with Gasteiger partial charge >= 0.3 is 0 Å². The number of rotatable bonds is 3. The molecule has 1 saturated heterocycles. The van der Waals surface area contributed by atoms with Crippen molar-refractivity contribution >= 4 is 27.3 Å². The van der Waals surface area contributed by atoms with Crippen molar-refractivity contribution in [3.05, 3.63) is 52.8 Å². The Balaban J connectivity index is 1.59. The first kappa shape index (κ1) is 14.4. The molecule has 0 radical (unpaired) electrons. The second-order valence-electron chi connectivity index (χ2n) is 5.33. The predicted octanol–water partition coefficient (Wildman–Crippen LogP) is 2.75. The van der Waals surface area contributed by atoms with Crippen LogP contribution in [0.2, 0.25) is 0 Å². The highest BCUT2D eigenvalue weighted by molar-refractivity contribution is 9.10. The molecule has 1 aliphatic rings. The highest BCUT2D eigenvalue weighted by Gasteiger charge is 2.18. The second kappa shape index (κ2) is 6.45. The third kappa shape index (κ3) is 3.54. The molecule has 1 fully saturated rings. The second-order valence-corrected chi connectivity index (χ2v) is 6.24. The maximum Gasteiger partial charge on any atom is 0.0738 e. The minimum absolute atomic E-state index is 0.762. The van der Waals surface area contributed by atoms with Gasteiger partial charge in [0.15, 0.2) is 0 Å². The van der Waals surface area contributed by atoms with Gasteiger partial charge in [-0.05, 0) is 23.8 Å². The van der Waals surface area contributed by atoms with Crippen molar-refractivity contribution in [3.63, 3.8) is 0 Å². The molecule has 1 aromatic carbocycles. The summed E-state index contributed by atoms with van der Waals surface area (Å²) < 4.78 is 1.14.